The molecular formula is C19H30OSi. The molecule has 0 saturated heterocycles. The minimum atomic E-state index is -1.66. The lowest BCUT2D eigenvalue weighted by Gasteiger charge is -2.38. The molecule has 0 spiro atoms. The Bertz CT molecular complexity index is 479. The van der Waals surface area contributed by atoms with Crippen molar-refractivity contribution in [2.75, 3.05) is 0 Å². The van der Waals surface area contributed by atoms with E-state index < -0.39 is 14.2 Å². The lowest BCUT2D eigenvalue weighted by atomic mass is 10.1. The van der Waals surface area contributed by atoms with Crippen LogP contribution in [0.5, 0.6) is 0 Å². The van der Waals surface area contributed by atoms with Crippen molar-refractivity contribution in [1.82, 2.24) is 0 Å². The van der Waals surface area contributed by atoms with Crippen LogP contribution in [-0.4, -0.2) is 13.2 Å². The predicted molar refractivity (Wildman–Crippen MR) is 95.0 cm³/mol. The molecule has 0 aliphatic rings. The van der Waals surface area contributed by atoms with E-state index in [9.17, 15) is 5.11 Å². The van der Waals surface area contributed by atoms with Gasteiger partial charge in [-0.25, -0.2) is 0 Å². The van der Waals surface area contributed by atoms with E-state index >= 15 is 0 Å². The standard InChI is InChI=1S/C19H30OSi/c1-14(2)21(15(3)4,16(5)6)13-12-18-8-10-19(11-9-18)17(7)20/h8-11,14-17,20H,1-7H3. The summed E-state index contributed by atoms with van der Waals surface area (Å²) in [7, 11) is -1.66. The minimum Gasteiger partial charge on any atom is -0.389 e. The van der Waals surface area contributed by atoms with E-state index in [1.807, 2.05) is 24.3 Å². The van der Waals surface area contributed by atoms with Crippen LogP contribution >= 0.6 is 0 Å². The summed E-state index contributed by atoms with van der Waals surface area (Å²) in [5, 5.41) is 9.56. The molecule has 21 heavy (non-hydrogen) atoms. The van der Waals surface area contributed by atoms with Crippen molar-refractivity contribution in [3.8, 4) is 11.5 Å². The van der Waals surface area contributed by atoms with Gasteiger partial charge in [-0.1, -0.05) is 59.6 Å². The second-order valence-corrected chi connectivity index (χ2v) is 12.5. The van der Waals surface area contributed by atoms with Crippen molar-refractivity contribution in [3.63, 3.8) is 0 Å². The Kier molecular flexibility index (Phi) is 6.25. The first-order valence-corrected chi connectivity index (χ1v) is 10.3. The zero-order valence-corrected chi connectivity index (χ0v) is 15.6. The summed E-state index contributed by atoms with van der Waals surface area (Å²) in [5.41, 5.74) is 7.69. The van der Waals surface area contributed by atoms with Crippen LogP contribution in [0.15, 0.2) is 24.3 Å². The van der Waals surface area contributed by atoms with Crippen molar-refractivity contribution < 1.29 is 5.11 Å². The molecule has 0 aliphatic heterocycles. The Morgan fingerprint density at radius 1 is 0.810 bits per heavy atom. The maximum atomic E-state index is 9.56. The van der Waals surface area contributed by atoms with Gasteiger partial charge in [-0.15, -0.1) is 5.54 Å². The first kappa shape index (κ1) is 18.0. The molecule has 0 bridgehead atoms. The Labute approximate surface area is 131 Å². The maximum absolute atomic E-state index is 9.56. The van der Waals surface area contributed by atoms with E-state index in [0.717, 1.165) is 11.1 Å². The van der Waals surface area contributed by atoms with Gasteiger partial charge in [0.15, 0.2) is 0 Å². The van der Waals surface area contributed by atoms with Crippen LogP contribution in [0.1, 0.15) is 65.7 Å². The van der Waals surface area contributed by atoms with E-state index in [1.165, 1.54) is 0 Å². The summed E-state index contributed by atoms with van der Waals surface area (Å²) >= 11 is 0. The number of hydrogen-bond acceptors (Lipinski definition) is 1. The van der Waals surface area contributed by atoms with Gasteiger partial charge in [-0.05, 0) is 41.2 Å². The van der Waals surface area contributed by atoms with Crippen molar-refractivity contribution >= 4 is 8.07 Å². The monoisotopic (exact) mass is 302 g/mol. The van der Waals surface area contributed by atoms with Gasteiger partial charge in [-0.2, -0.15) is 0 Å². The molecule has 0 amide bonds. The average molecular weight is 303 g/mol. The van der Waals surface area contributed by atoms with Gasteiger partial charge in [0.2, 0.25) is 0 Å². The molecule has 0 aliphatic carbocycles. The lowest BCUT2D eigenvalue weighted by molar-refractivity contribution is 0.199. The Morgan fingerprint density at radius 3 is 1.57 bits per heavy atom. The third-order valence-corrected chi connectivity index (χ3v) is 11.0. The molecular weight excluding hydrogens is 272 g/mol. The highest BCUT2D eigenvalue weighted by Gasteiger charge is 2.41. The fraction of sp³-hybridized carbons (Fsp3) is 0.579. The van der Waals surface area contributed by atoms with E-state index in [2.05, 4.69) is 53.0 Å². The quantitative estimate of drug-likeness (QED) is 0.590. The van der Waals surface area contributed by atoms with Crippen LogP contribution in [-0.2, 0) is 0 Å². The third-order valence-electron chi connectivity index (χ3n) is 4.68. The molecule has 2 heteroatoms. The fourth-order valence-electron chi connectivity index (χ4n) is 3.46. The highest BCUT2D eigenvalue weighted by molar-refractivity contribution is 6.90. The number of benzene rings is 1. The Morgan fingerprint density at radius 2 is 1.24 bits per heavy atom. The van der Waals surface area contributed by atoms with E-state index in [-0.39, 0.29) is 0 Å². The van der Waals surface area contributed by atoms with Crippen molar-refractivity contribution in [2.45, 2.75) is 71.2 Å². The van der Waals surface area contributed by atoms with E-state index in [1.54, 1.807) is 6.92 Å². The van der Waals surface area contributed by atoms with Gasteiger partial charge in [-0.3, -0.25) is 0 Å². The summed E-state index contributed by atoms with van der Waals surface area (Å²) in [5.74, 6) is 3.43. The number of aliphatic hydroxyl groups excluding tert-OH is 1. The van der Waals surface area contributed by atoms with Gasteiger partial charge in [0.1, 0.15) is 8.07 Å². The summed E-state index contributed by atoms with van der Waals surface area (Å²) in [6.07, 6.45) is -0.414. The van der Waals surface area contributed by atoms with Gasteiger partial charge in [0, 0.05) is 5.56 Å². The molecule has 0 heterocycles. The fourth-order valence-corrected chi connectivity index (χ4v) is 8.69. The van der Waals surface area contributed by atoms with Crippen LogP contribution in [0.2, 0.25) is 16.6 Å². The lowest BCUT2D eigenvalue weighted by Crippen LogP contribution is -2.43. The van der Waals surface area contributed by atoms with E-state index in [4.69, 9.17) is 0 Å². The summed E-state index contributed by atoms with van der Waals surface area (Å²) in [6, 6.07) is 7.99. The van der Waals surface area contributed by atoms with Crippen LogP contribution < -0.4 is 0 Å². The van der Waals surface area contributed by atoms with Crippen molar-refractivity contribution in [1.29, 1.82) is 0 Å². The SMILES string of the molecule is CC(O)c1ccc(C#C[Si](C(C)C)(C(C)C)C(C)C)cc1. The van der Waals surface area contributed by atoms with Crippen LogP contribution in [0.25, 0.3) is 0 Å². The first-order valence-electron chi connectivity index (χ1n) is 8.03. The van der Waals surface area contributed by atoms with E-state index in [0.29, 0.717) is 16.6 Å². The molecule has 0 fully saturated rings. The van der Waals surface area contributed by atoms with Crippen LogP contribution in [0.4, 0.5) is 0 Å². The molecule has 0 saturated carbocycles. The van der Waals surface area contributed by atoms with Gasteiger partial charge >= 0.3 is 0 Å². The average Bonchev–Trinajstić information content (AvgIpc) is 2.38. The zero-order valence-electron chi connectivity index (χ0n) is 14.6. The molecule has 0 radical (unpaired) electrons. The molecule has 1 atom stereocenters. The molecule has 0 aromatic heterocycles. The summed E-state index contributed by atoms with van der Waals surface area (Å²) in [6.45, 7) is 15.8. The van der Waals surface area contributed by atoms with Crippen molar-refractivity contribution in [3.05, 3.63) is 35.4 Å². The molecule has 1 nitrogen and oxygen atoms in total. The molecule has 1 unspecified atom stereocenters. The Balaban J connectivity index is 3.16. The second kappa shape index (κ2) is 7.29. The predicted octanol–water partition coefficient (Wildman–Crippen LogP) is 5.31. The summed E-state index contributed by atoms with van der Waals surface area (Å²) < 4.78 is 0. The minimum absolute atomic E-state index is 0.414. The molecule has 1 aromatic carbocycles. The van der Waals surface area contributed by atoms with Crippen molar-refractivity contribution in [2.24, 2.45) is 0 Å². The largest absolute Gasteiger partial charge is 0.389 e. The van der Waals surface area contributed by atoms with Crippen LogP contribution in [0, 0.1) is 11.5 Å². The molecule has 116 valence electrons. The zero-order chi connectivity index (χ0) is 16.2. The normalized spacial score (nSPS) is 13.5. The molecule has 1 N–H and O–H groups in total. The highest BCUT2D eigenvalue weighted by atomic mass is 28.3. The number of aliphatic hydroxyl groups is 1. The highest BCUT2D eigenvalue weighted by Crippen LogP contribution is 2.40. The second-order valence-electron chi connectivity index (χ2n) is 6.95. The molecule has 1 rings (SSSR count). The topological polar surface area (TPSA) is 20.2 Å². The smallest absolute Gasteiger partial charge is 0.146 e. The molecule has 1 aromatic rings. The summed E-state index contributed by atoms with van der Waals surface area (Å²) in [4.78, 5) is 0. The number of rotatable bonds is 4. The van der Waals surface area contributed by atoms with Gasteiger partial charge in [0.05, 0.1) is 6.10 Å². The maximum Gasteiger partial charge on any atom is 0.146 e. The number of hydrogen-bond donors (Lipinski definition) is 1. The van der Waals surface area contributed by atoms with Gasteiger partial charge < -0.3 is 5.11 Å². The Hall–Kier alpha value is -1.04. The first-order chi connectivity index (χ1) is 9.71. The van der Waals surface area contributed by atoms with Crippen LogP contribution in [0.3, 0.4) is 0 Å². The van der Waals surface area contributed by atoms with Gasteiger partial charge in [0.25, 0.3) is 0 Å². The third kappa shape index (κ3) is 3.99.